The number of piperidine rings is 1. The molecule has 0 N–H and O–H groups in total. The van der Waals surface area contributed by atoms with E-state index in [9.17, 15) is 13.2 Å². The molecule has 29 heavy (non-hydrogen) atoms. The van der Waals surface area contributed by atoms with E-state index in [0.717, 1.165) is 23.1 Å². The van der Waals surface area contributed by atoms with Crippen molar-refractivity contribution in [2.75, 3.05) is 31.7 Å². The molecule has 0 saturated carbocycles. The maximum absolute atomic E-state index is 12.6. The van der Waals surface area contributed by atoms with Gasteiger partial charge in [0.1, 0.15) is 6.61 Å². The normalized spacial score (nSPS) is 14.7. The maximum Gasteiger partial charge on any atom is 0.227 e. The summed E-state index contributed by atoms with van der Waals surface area (Å²) in [6, 6.07) is 7.54. The third kappa shape index (κ3) is 6.38. The van der Waals surface area contributed by atoms with Gasteiger partial charge in [-0.3, -0.25) is 4.79 Å². The molecule has 0 aliphatic carbocycles. The molecular formula is C19H24N4O5S. The average Bonchev–Trinajstić information content (AvgIpc) is 3.12. The standard InChI is InChI=1S/C19H24N4O5S/c1-14-20-19(22-28-14)16-5-3-15(4-6-16)13-18(24)23-9-7-17(8-10-23)21-27-11-12-29(2,25)26/h3-6H,7-13H2,1-2H3. The molecule has 2 aromatic rings. The van der Waals surface area contributed by atoms with E-state index in [2.05, 4.69) is 15.3 Å². The minimum atomic E-state index is -3.05. The zero-order chi connectivity index (χ0) is 20.9. The number of carbonyl (C=O) groups excluding carboxylic acids is 1. The van der Waals surface area contributed by atoms with E-state index in [1.54, 1.807) is 6.92 Å². The van der Waals surface area contributed by atoms with Crippen molar-refractivity contribution in [1.29, 1.82) is 0 Å². The highest BCUT2D eigenvalue weighted by Gasteiger charge is 2.20. The molecule has 0 atom stereocenters. The van der Waals surface area contributed by atoms with Crippen molar-refractivity contribution >= 4 is 21.5 Å². The van der Waals surface area contributed by atoms with Crippen LogP contribution in [0.15, 0.2) is 33.9 Å². The second kappa shape index (κ2) is 9.17. The maximum atomic E-state index is 12.6. The van der Waals surface area contributed by atoms with Gasteiger partial charge in [-0.2, -0.15) is 4.98 Å². The first-order valence-corrected chi connectivity index (χ1v) is 11.4. The molecule has 1 aliphatic heterocycles. The Bertz CT molecular complexity index is 972. The summed E-state index contributed by atoms with van der Waals surface area (Å²) in [6.07, 6.45) is 2.73. The Morgan fingerprint density at radius 1 is 1.24 bits per heavy atom. The highest BCUT2D eigenvalue weighted by Crippen LogP contribution is 2.17. The van der Waals surface area contributed by atoms with E-state index in [4.69, 9.17) is 9.36 Å². The van der Waals surface area contributed by atoms with E-state index in [1.165, 1.54) is 0 Å². The number of aryl methyl sites for hydroxylation is 1. The lowest BCUT2D eigenvalue weighted by Gasteiger charge is -2.27. The highest BCUT2D eigenvalue weighted by atomic mass is 32.2. The average molecular weight is 420 g/mol. The number of carbonyl (C=O) groups is 1. The van der Waals surface area contributed by atoms with Gasteiger partial charge in [0.05, 0.1) is 17.9 Å². The number of aromatic nitrogens is 2. The summed E-state index contributed by atoms with van der Waals surface area (Å²) >= 11 is 0. The molecule has 2 heterocycles. The number of amides is 1. The molecule has 0 unspecified atom stereocenters. The minimum absolute atomic E-state index is 0.0460. The van der Waals surface area contributed by atoms with Gasteiger partial charge in [-0.1, -0.05) is 34.6 Å². The molecule has 0 spiro atoms. The Balaban J connectivity index is 1.46. The predicted octanol–water partition coefficient (Wildman–Crippen LogP) is 1.63. The molecule has 9 nitrogen and oxygen atoms in total. The fraction of sp³-hybridized carbons (Fsp3) is 0.474. The second-order valence-corrected chi connectivity index (χ2v) is 9.27. The van der Waals surface area contributed by atoms with Gasteiger partial charge in [-0.15, -0.1) is 0 Å². The van der Waals surface area contributed by atoms with Crippen LogP contribution < -0.4 is 0 Å². The summed E-state index contributed by atoms with van der Waals surface area (Å²) in [5.41, 5.74) is 2.61. The fourth-order valence-electron chi connectivity index (χ4n) is 2.91. The predicted molar refractivity (Wildman–Crippen MR) is 107 cm³/mol. The number of hydrogen-bond acceptors (Lipinski definition) is 8. The van der Waals surface area contributed by atoms with E-state index >= 15 is 0 Å². The van der Waals surface area contributed by atoms with Gasteiger partial charge in [0, 0.05) is 44.7 Å². The van der Waals surface area contributed by atoms with E-state index in [-0.39, 0.29) is 18.3 Å². The van der Waals surface area contributed by atoms with Crippen LogP contribution in [-0.2, 0) is 25.9 Å². The molecular weight excluding hydrogens is 396 g/mol. The lowest BCUT2D eigenvalue weighted by Crippen LogP contribution is -2.39. The molecule has 1 fully saturated rings. The molecule has 1 amide bonds. The Morgan fingerprint density at radius 3 is 2.52 bits per heavy atom. The van der Waals surface area contributed by atoms with Crippen molar-refractivity contribution in [2.45, 2.75) is 26.2 Å². The molecule has 3 rings (SSSR count). The molecule has 1 saturated heterocycles. The van der Waals surface area contributed by atoms with Crippen LogP contribution in [0.4, 0.5) is 0 Å². The summed E-state index contributed by atoms with van der Waals surface area (Å²) in [4.78, 5) is 23.6. The van der Waals surface area contributed by atoms with Gasteiger partial charge in [-0.05, 0) is 5.56 Å². The van der Waals surface area contributed by atoms with Crippen LogP contribution in [0.5, 0.6) is 0 Å². The molecule has 156 valence electrons. The summed E-state index contributed by atoms with van der Waals surface area (Å²) in [7, 11) is -3.05. The summed E-state index contributed by atoms with van der Waals surface area (Å²) in [5, 5.41) is 7.88. The zero-order valence-electron chi connectivity index (χ0n) is 16.5. The van der Waals surface area contributed by atoms with Crippen molar-refractivity contribution in [2.24, 2.45) is 5.16 Å². The van der Waals surface area contributed by atoms with E-state index in [0.29, 0.717) is 44.1 Å². The van der Waals surface area contributed by atoms with Gasteiger partial charge in [0.2, 0.25) is 17.6 Å². The van der Waals surface area contributed by atoms with E-state index < -0.39 is 9.84 Å². The van der Waals surface area contributed by atoms with Crippen molar-refractivity contribution in [3.05, 3.63) is 35.7 Å². The topological polar surface area (TPSA) is 115 Å². The number of oxime groups is 1. The lowest BCUT2D eigenvalue weighted by molar-refractivity contribution is -0.130. The molecule has 1 aromatic carbocycles. The Morgan fingerprint density at radius 2 is 1.93 bits per heavy atom. The highest BCUT2D eigenvalue weighted by molar-refractivity contribution is 7.90. The van der Waals surface area contributed by atoms with Gasteiger partial charge in [-0.25, -0.2) is 8.42 Å². The van der Waals surface area contributed by atoms with Gasteiger partial charge in [0.15, 0.2) is 9.84 Å². The van der Waals surface area contributed by atoms with Crippen molar-refractivity contribution in [1.82, 2.24) is 15.0 Å². The summed E-state index contributed by atoms with van der Waals surface area (Å²) in [6.45, 7) is 2.94. The van der Waals surface area contributed by atoms with Crippen LogP contribution >= 0.6 is 0 Å². The van der Waals surface area contributed by atoms with Crippen LogP contribution in [0.2, 0.25) is 0 Å². The Kier molecular flexibility index (Phi) is 6.63. The first kappa shape index (κ1) is 21.0. The van der Waals surface area contributed by atoms with Crippen LogP contribution in [0, 0.1) is 6.92 Å². The quantitative estimate of drug-likeness (QED) is 0.494. The van der Waals surface area contributed by atoms with Crippen LogP contribution in [0.1, 0.15) is 24.3 Å². The molecule has 0 bridgehead atoms. The SMILES string of the molecule is Cc1nc(-c2ccc(CC(=O)N3CCC(=NOCCS(C)(=O)=O)CC3)cc2)no1. The minimum Gasteiger partial charge on any atom is -0.395 e. The van der Waals surface area contributed by atoms with Crippen LogP contribution in [0.3, 0.4) is 0 Å². The van der Waals surface area contributed by atoms with E-state index in [1.807, 2.05) is 29.2 Å². The molecule has 0 radical (unpaired) electrons. The number of nitrogens with zero attached hydrogens (tertiary/aromatic N) is 4. The molecule has 10 heteroatoms. The largest absolute Gasteiger partial charge is 0.395 e. The smallest absolute Gasteiger partial charge is 0.227 e. The zero-order valence-corrected chi connectivity index (χ0v) is 17.3. The van der Waals surface area contributed by atoms with Crippen molar-refractivity contribution in [3.8, 4) is 11.4 Å². The number of likely N-dealkylation sites (tertiary alicyclic amines) is 1. The number of sulfone groups is 1. The monoisotopic (exact) mass is 420 g/mol. The lowest BCUT2D eigenvalue weighted by atomic mass is 10.1. The summed E-state index contributed by atoms with van der Waals surface area (Å²) in [5.74, 6) is 1.04. The Hall–Kier alpha value is -2.75. The fourth-order valence-corrected chi connectivity index (χ4v) is 3.28. The first-order valence-electron chi connectivity index (χ1n) is 9.33. The number of rotatable bonds is 7. The summed E-state index contributed by atoms with van der Waals surface area (Å²) < 4.78 is 27.1. The molecule has 1 aromatic heterocycles. The van der Waals surface area contributed by atoms with Crippen LogP contribution in [0.25, 0.3) is 11.4 Å². The first-order chi connectivity index (χ1) is 13.8. The van der Waals surface area contributed by atoms with Gasteiger partial charge >= 0.3 is 0 Å². The van der Waals surface area contributed by atoms with Gasteiger partial charge < -0.3 is 14.3 Å². The second-order valence-electron chi connectivity index (χ2n) is 7.01. The number of hydrogen-bond donors (Lipinski definition) is 0. The van der Waals surface area contributed by atoms with Crippen molar-refractivity contribution in [3.63, 3.8) is 0 Å². The molecule has 1 aliphatic rings. The Labute approximate surface area is 169 Å². The third-order valence-electron chi connectivity index (χ3n) is 4.53. The third-order valence-corrected chi connectivity index (χ3v) is 5.44. The van der Waals surface area contributed by atoms with Crippen molar-refractivity contribution < 1.29 is 22.6 Å². The van der Waals surface area contributed by atoms with Crippen LogP contribution in [-0.4, -0.2) is 66.8 Å². The number of benzene rings is 1. The van der Waals surface area contributed by atoms with Gasteiger partial charge in [0.25, 0.3) is 0 Å².